The zero-order valence-corrected chi connectivity index (χ0v) is 15.4. The number of aliphatic carboxylic acids is 1. The summed E-state index contributed by atoms with van der Waals surface area (Å²) in [6, 6.07) is 14.9. The minimum absolute atomic E-state index is 0.157. The first-order valence-electron chi connectivity index (χ1n) is 7.97. The van der Waals surface area contributed by atoms with E-state index >= 15 is 0 Å². The van der Waals surface area contributed by atoms with Gasteiger partial charge in [0, 0.05) is 21.8 Å². The van der Waals surface area contributed by atoms with E-state index in [1.807, 2.05) is 36.4 Å². The molecule has 1 aromatic heterocycles. The van der Waals surface area contributed by atoms with E-state index in [1.54, 1.807) is 12.1 Å². The summed E-state index contributed by atoms with van der Waals surface area (Å²) in [7, 11) is 0. The molecule has 0 saturated heterocycles. The number of carboxylic acid groups (broad SMARTS) is 1. The van der Waals surface area contributed by atoms with E-state index in [0.717, 1.165) is 28.6 Å². The summed E-state index contributed by atoms with van der Waals surface area (Å²) in [6.45, 7) is 0. The molecule has 136 valence electrons. The number of ether oxygens (including phenoxy) is 1. The number of benzene rings is 2. The Morgan fingerprint density at radius 1 is 1.19 bits per heavy atom. The number of carboxylic acids is 1. The minimum Gasteiger partial charge on any atom is -0.481 e. The molecule has 0 amide bonds. The fraction of sp³-hybridized carbons (Fsp3) is 0.111. The van der Waals surface area contributed by atoms with E-state index in [-0.39, 0.29) is 16.8 Å². The zero-order chi connectivity index (χ0) is 18.8. The number of anilines is 1. The van der Waals surface area contributed by atoms with Crippen molar-refractivity contribution in [3.05, 3.63) is 59.1 Å². The first kappa shape index (κ1) is 17.6. The summed E-state index contributed by atoms with van der Waals surface area (Å²) in [4.78, 5) is 15.2. The number of carbonyl (C=O) groups is 1. The predicted molar refractivity (Wildman–Crippen MR) is 102 cm³/mol. The summed E-state index contributed by atoms with van der Waals surface area (Å²) in [5.74, 6) is -0.823. The van der Waals surface area contributed by atoms with Crippen LogP contribution in [0, 0.1) is 0 Å². The SMILES string of the molecule is O=C(O)CSc1nnc2c(n1)O[C@H](c1ccc(Cl)cc1)Nc1ccccc1-2. The van der Waals surface area contributed by atoms with Gasteiger partial charge in [0.25, 0.3) is 0 Å². The lowest BCUT2D eigenvalue weighted by molar-refractivity contribution is -0.133. The number of nitrogens with zero attached hydrogens (tertiary/aromatic N) is 3. The highest BCUT2D eigenvalue weighted by molar-refractivity contribution is 7.99. The van der Waals surface area contributed by atoms with E-state index < -0.39 is 12.2 Å². The van der Waals surface area contributed by atoms with Gasteiger partial charge in [0.1, 0.15) is 0 Å². The molecule has 1 aliphatic heterocycles. The molecule has 2 heterocycles. The van der Waals surface area contributed by atoms with Crippen LogP contribution < -0.4 is 10.1 Å². The molecule has 0 bridgehead atoms. The van der Waals surface area contributed by atoms with Gasteiger partial charge in [-0.1, -0.05) is 53.7 Å². The van der Waals surface area contributed by atoms with Crippen LogP contribution in [0.1, 0.15) is 11.8 Å². The van der Waals surface area contributed by atoms with Crippen molar-refractivity contribution in [2.24, 2.45) is 0 Å². The van der Waals surface area contributed by atoms with Gasteiger partial charge in [-0.2, -0.15) is 4.98 Å². The number of hydrogen-bond acceptors (Lipinski definition) is 7. The largest absolute Gasteiger partial charge is 0.481 e. The first-order chi connectivity index (χ1) is 13.1. The molecule has 4 rings (SSSR count). The van der Waals surface area contributed by atoms with Crippen molar-refractivity contribution >= 4 is 35.0 Å². The average Bonchev–Trinajstić information content (AvgIpc) is 2.83. The molecule has 7 nitrogen and oxygen atoms in total. The van der Waals surface area contributed by atoms with Crippen LogP contribution in [0.15, 0.2) is 53.7 Å². The monoisotopic (exact) mass is 400 g/mol. The second kappa shape index (κ2) is 7.42. The molecule has 27 heavy (non-hydrogen) atoms. The van der Waals surface area contributed by atoms with Crippen molar-refractivity contribution < 1.29 is 14.6 Å². The van der Waals surface area contributed by atoms with Gasteiger partial charge >= 0.3 is 5.97 Å². The quantitative estimate of drug-likeness (QED) is 0.637. The summed E-state index contributed by atoms with van der Waals surface area (Å²) in [5.41, 5.74) is 2.99. The topological polar surface area (TPSA) is 97.2 Å². The lowest BCUT2D eigenvalue weighted by Crippen LogP contribution is -2.17. The highest BCUT2D eigenvalue weighted by Crippen LogP contribution is 2.39. The summed E-state index contributed by atoms with van der Waals surface area (Å²) in [6.07, 6.45) is -0.515. The molecule has 9 heteroatoms. The van der Waals surface area contributed by atoms with Crippen LogP contribution in [0.4, 0.5) is 5.69 Å². The number of thioether (sulfide) groups is 1. The molecule has 1 atom stereocenters. The maximum atomic E-state index is 10.8. The fourth-order valence-corrected chi connectivity index (χ4v) is 3.25. The van der Waals surface area contributed by atoms with E-state index in [1.165, 1.54) is 0 Å². The molecule has 0 radical (unpaired) electrons. The van der Waals surface area contributed by atoms with Crippen molar-refractivity contribution in [2.45, 2.75) is 11.4 Å². The van der Waals surface area contributed by atoms with E-state index in [9.17, 15) is 4.79 Å². The minimum atomic E-state index is -0.953. The maximum absolute atomic E-state index is 10.8. The summed E-state index contributed by atoms with van der Waals surface area (Å²) < 4.78 is 6.08. The second-order valence-electron chi connectivity index (χ2n) is 5.67. The van der Waals surface area contributed by atoms with Crippen LogP contribution in [-0.2, 0) is 4.79 Å². The number of rotatable bonds is 4. The fourth-order valence-electron chi connectivity index (χ4n) is 2.62. The number of halogens is 1. The third-order valence-electron chi connectivity index (χ3n) is 3.83. The number of fused-ring (bicyclic) bond motifs is 3. The van der Waals surface area contributed by atoms with Crippen LogP contribution in [0.3, 0.4) is 0 Å². The van der Waals surface area contributed by atoms with Gasteiger partial charge in [-0.05, 0) is 18.2 Å². The predicted octanol–water partition coefficient (Wildman–Crippen LogP) is 3.87. The van der Waals surface area contributed by atoms with Gasteiger partial charge in [-0.15, -0.1) is 10.2 Å². The van der Waals surface area contributed by atoms with Gasteiger partial charge in [-0.3, -0.25) is 4.79 Å². The zero-order valence-electron chi connectivity index (χ0n) is 13.8. The number of aromatic nitrogens is 3. The molecule has 0 saturated carbocycles. The van der Waals surface area contributed by atoms with Crippen molar-refractivity contribution in [1.29, 1.82) is 0 Å². The number of para-hydroxylation sites is 1. The van der Waals surface area contributed by atoms with Crippen LogP contribution in [-0.4, -0.2) is 32.0 Å². The van der Waals surface area contributed by atoms with Crippen molar-refractivity contribution in [2.75, 3.05) is 11.1 Å². The van der Waals surface area contributed by atoms with Gasteiger partial charge in [0.05, 0.1) is 5.75 Å². The second-order valence-corrected chi connectivity index (χ2v) is 7.05. The number of hydrogen-bond donors (Lipinski definition) is 2. The standard InChI is InChI=1S/C18H13ClN4O3S/c19-11-7-5-10(6-8-11)16-20-13-4-2-1-3-12(13)15-17(26-16)21-18(23-22-15)27-9-14(24)25/h1-8,16,20H,9H2,(H,24,25)/t16-/m1/s1. The Labute approximate surface area is 163 Å². The van der Waals surface area contributed by atoms with Gasteiger partial charge in [-0.25, -0.2) is 0 Å². The Morgan fingerprint density at radius 2 is 1.96 bits per heavy atom. The Morgan fingerprint density at radius 3 is 2.74 bits per heavy atom. The highest BCUT2D eigenvalue weighted by atomic mass is 35.5. The third kappa shape index (κ3) is 3.81. The molecule has 3 aromatic rings. The molecular formula is C18H13ClN4O3S. The molecule has 0 aliphatic carbocycles. The van der Waals surface area contributed by atoms with E-state index in [2.05, 4.69) is 20.5 Å². The Hall–Kier alpha value is -2.84. The summed E-state index contributed by atoms with van der Waals surface area (Å²) >= 11 is 6.97. The molecule has 0 unspecified atom stereocenters. The highest BCUT2D eigenvalue weighted by Gasteiger charge is 2.26. The maximum Gasteiger partial charge on any atom is 0.313 e. The van der Waals surface area contributed by atoms with Crippen LogP contribution >= 0.6 is 23.4 Å². The van der Waals surface area contributed by atoms with Crippen LogP contribution in [0.5, 0.6) is 5.88 Å². The molecule has 0 fully saturated rings. The summed E-state index contributed by atoms with van der Waals surface area (Å²) in [5, 5.41) is 21.3. The van der Waals surface area contributed by atoms with Crippen LogP contribution in [0.25, 0.3) is 11.3 Å². The number of nitrogens with one attached hydrogen (secondary N) is 1. The Bertz CT molecular complexity index is 1000. The third-order valence-corrected chi connectivity index (χ3v) is 4.91. The van der Waals surface area contributed by atoms with E-state index in [4.69, 9.17) is 21.4 Å². The normalized spacial score (nSPS) is 14.9. The Balaban J connectivity index is 1.76. The molecule has 2 aromatic carbocycles. The van der Waals surface area contributed by atoms with Crippen molar-refractivity contribution in [1.82, 2.24) is 15.2 Å². The lowest BCUT2D eigenvalue weighted by atomic mass is 10.1. The average molecular weight is 401 g/mol. The van der Waals surface area contributed by atoms with Crippen LogP contribution in [0.2, 0.25) is 5.02 Å². The first-order valence-corrected chi connectivity index (χ1v) is 9.34. The molecule has 2 N–H and O–H groups in total. The van der Waals surface area contributed by atoms with Crippen molar-refractivity contribution in [3.63, 3.8) is 0 Å². The molecule has 1 aliphatic rings. The lowest BCUT2D eigenvalue weighted by Gasteiger charge is -2.19. The van der Waals surface area contributed by atoms with Gasteiger partial charge in [0.15, 0.2) is 11.9 Å². The smallest absolute Gasteiger partial charge is 0.313 e. The Kier molecular flexibility index (Phi) is 4.83. The molecular weight excluding hydrogens is 388 g/mol. The van der Waals surface area contributed by atoms with E-state index in [0.29, 0.717) is 10.7 Å². The van der Waals surface area contributed by atoms with Gasteiger partial charge in [0.2, 0.25) is 11.0 Å². The van der Waals surface area contributed by atoms with Gasteiger partial charge < -0.3 is 15.2 Å². The molecule has 0 spiro atoms. The van der Waals surface area contributed by atoms with Crippen molar-refractivity contribution in [3.8, 4) is 17.1 Å².